The highest BCUT2D eigenvalue weighted by Gasteiger charge is 2.05. The van der Waals surface area contributed by atoms with Crippen LogP contribution in [0.5, 0.6) is 0 Å². The number of ketones is 1. The van der Waals surface area contributed by atoms with Crippen molar-refractivity contribution in [3.05, 3.63) is 0 Å². The standard InChI is InChI=1S/C12H25NO2/c1-10(2)9-13-6-8-15-7-5-12(14)11(3)4/h10-11,13H,5-9H2,1-4H3. The van der Waals surface area contributed by atoms with Gasteiger partial charge < -0.3 is 10.1 Å². The zero-order chi connectivity index (χ0) is 11.7. The molecule has 0 rings (SSSR count). The van der Waals surface area contributed by atoms with Crippen LogP contribution in [0.2, 0.25) is 0 Å². The van der Waals surface area contributed by atoms with Gasteiger partial charge in [0.05, 0.1) is 13.2 Å². The van der Waals surface area contributed by atoms with Crippen molar-refractivity contribution in [3.8, 4) is 0 Å². The molecule has 0 fully saturated rings. The minimum absolute atomic E-state index is 0.132. The smallest absolute Gasteiger partial charge is 0.137 e. The van der Waals surface area contributed by atoms with Gasteiger partial charge in [-0.15, -0.1) is 0 Å². The molecule has 0 aliphatic heterocycles. The Balaban J connectivity index is 3.15. The lowest BCUT2D eigenvalue weighted by molar-refractivity contribution is -0.122. The maximum absolute atomic E-state index is 11.2. The lowest BCUT2D eigenvalue weighted by Crippen LogP contribution is -2.24. The van der Waals surface area contributed by atoms with E-state index in [4.69, 9.17) is 4.74 Å². The van der Waals surface area contributed by atoms with E-state index in [1.165, 1.54) is 0 Å². The zero-order valence-electron chi connectivity index (χ0n) is 10.5. The molecule has 0 aromatic rings. The summed E-state index contributed by atoms with van der Waals surface area (Å²) in [4.78, 5) is 11.2. The van der Waals surface area contributed by atoms with E-state index in [0.29, 0.717) is 25.6 Å². The van der Waals surface area contributed by atoms with Crippen LogP contribution in [0, 0.1) is 11.8 Å². The van der Waals surface area contributed by atoms with E-state index in [1.54, 1.807) is 0 Å². The molecule has 3 heteroatoms. The summed E-state index contributed by atoms with van der Waals surface area (Å²) in [5.41, 5.74) is 0. The molecule has 0 aromatic carbocycles. The number of Topliss-reactive ketones (excluding diaryl/α,β-unsaturated/α-hetero) is 1. The second-order valence-electron chi connectivity index (χ2n) is 4.58. The Morgan fingerprint density at radius 3 is 2.40 bits per heavy atom. The molecule has 0 aromatic heterocycles. The summed E-state index contributed by atoms with van der Waals surface area (Å²) in [5, 5.41) is 3.29. The van der Waals surface area contributed by atoms with E-state index >= 15 is 0 Å². The lowest BCUT2D eigenvalue weighted by Gasteiger charge is -2.08. The first-order valence-corrected chi connectivity index (χ1v) is 5.85. The number of hydrogen-bond acceptors (Lipinski definition) is 3. The Hall–Kier alpha value is -0.410. The topological polar surface area (TPSA) is 38.3 Å². The Bertz CT molecular complexity index is 167. The molecule has 15 heavy (non-hydrogen) atoms. The van der Waals surface area contributed by atoms with Crippen molar-refractivity contribution in [2.24, 2.45) is 11.8 Å². The molecule has 0 unspecified atom stereocenters. The molecular weight excluding hydrogens is 190 g/mol. The fourth-order valence-corrected chi connectivity index (χ4v) is 1.10. The first-order chi connectivity index (χ1) is 7.04. The lowest BCUT2D eigenvalue weighted by atomic mass is 10.1. The van der Waals surface area contributed by atoms with Crippen LogP contribution in [0.4, 0.5) is 0 Å². The van der Waals surface area contributed by atoms with E-state index in [0.717, 1.165) is 13.1 Å². The average Bonchev–Trinajstić information content (AvgIpc) is 2.15. The fraction of sp³-hybridized carbons (Fsp3) is 0.917. The third-order valence-electron chi connectivity index (χ3n) is 2.11. The normalized spacial score (nSPS) is 11.3. The molecule has 0 amide bonds. The van der Waals surface area contributed by atoms with Crippen LogP contribution in [0.25, 0.3) is 0 Å². The number of nitrogens with one attached hydrogen (secondary N) is 1. The van der Waals surface area contributed by atoms with Gasteiger partial charge in [-0.3, -0.25) is 4.79 Å². The summed E-state index contributed by atoms with van der Waals surface area (Å²) in [6.07, 6.45) is 0.543. The summed E-state index contributed by atoms with van der Waals surface area (Å²) in [6, 6.07) is 0. The molecule has 0 saturated carbocycles. The van der Waals surface area contributed by atoms with E-state index in [9.17, 15) is 4.79 Å². The van der Waals surface area contributed by atoms with Crippen molar-refractivity contribution < 1.29 is 9.53 Å². The van der Waals surface area contributed by atoms with Gasteiger partial charge >= 0.3 is 0 Å². The molecule has 0 aliphatic rings. The van der Waals surface area contributed by atoms with Gasteiger partial charge in [0.15, 0.2) is 0 Å². The van der Waals surface area contributed by atoms with Gasteiger partial charge in [-0.1, -0.05) is 27.7 Å². The van der Waals surface area contributed by atoms with Crippen LogP contribution in [-0.2, 0) is 9.53 Å². The largest absolute Gasteiger partial charge is 0.380 e. The van der Waals surface area contributed by atoms with Crippen molar-refractivity contribution in [1.29, 1.82) is 0 Å². The molecule has 0 radical (unpaired) electrons. The molecule has 0 saturated heterocycles. The highest BCUT2D eigenvalue weighted by atomic mass is 16.5. The maximum atomic E-state index is 11.2. The third-order valence-corrected chi connectivity index (χ3v) is 2.11. The minimum Gasteiger partial charge on any atom is -0.380 e. The molecule has 0 atom stereocenters. The Morgan fingerprint density at radius 2 is 1.87 bits per heavy atom. The van der Waals surface area contributed by atoms with E-state index in [-0.39, 0.29) is 11.7 Å². The molecule has 0 heterocycles. The quantitative estimate of drug-likeness (QED) is 0.597. The van der Waals surface area contributed by atoms with Gasteiger partial charge in [-0.2, -0.15) is 0 Å². The Kier molecular flexibility index (Phi) is 8.62. The highest BCUT2D eigenvalue weighted by Crippen LogP contribution is 1.98. The van der Waals surface area contributed by atoms with Crippen LogP contribution in [0.1, 0.15) is 34.1 Å². The monoisotopic (exact) mass is 215 g/mol. The summed E-state index contributed by atoms with van der Waals surface area (Å²) in [7, 11) is 0. The Labute approximate surface area is 93.6 Å². The predicted octanol–water partition coefficient (Wildman–Crippen LogP) is 1.86. The van der Waals surface area contributed by atoms with Gasteiger partial charge in [0.1, 0.15) is 5.78 Å². The van der Waals surface area contributed by atoms with Gasteiger partial charge in [-0.25, -0.2) is 0 Å². The number of ether oxygens (including phenoxy) is 1. The van der Waals surface area contributed by atoms with Crippen molar-refractivity contribution in [2.45, 2.75) is 34.1 Å². The fourth-order valence-electron chi connectivity index (χ4n) is 1.10. The van der Waals surface area contributed by atoms with Crippen molar-refractivity contribution in [3.63, 3.8) is 0 Å². The third kappa shape index (κ3) is 9.88. The van der Waals surface area contributed by atoms with Crippen molar-refractivity contribution in [1.82, 2.24) is 5.32 Å². The second kappa shape index (κ2) is 8.86. The zero-order valence-corrected chi connectivity index (χ0v) is 10.5. The number of carbonyl (C=O) groups is 1. The first kappa shape index (κ1) is 14.6. The van der Waals surface area contributed by atoms with E-state index < -0.39 is 0 Å². The number of carbonyl (C=O) groups excluding carboxylic acids is 1. The van der Waals surface area contributed by atoms with E-state index in [1.807, 2.05) is 13.8 Å². The highest BCUT2D eigenvalue weighted by molar-refractivity contribution is 5.80. The van der Waals surface area contributed by atoms with Crippen LogP contribution >= 0.6 is 0 Å². The average molecular weight is 215 g/mol. The van der Waals surface area contributed by atoms with Gasteiger partial charge in [0.2, 0.25) is 0 Å². The van der Waals surface area contributed by atoms with Gasteiger partial charge in [0.25, 0.3) is 0 Å². The van der Waals surface area contributed by atoms with Gasteiger partial charge in [0, 0.05) is 18.9 Å². The van der Waals surface area contributed by atoms with Crippen LogP contribution in [-0.4, -0.2) is 32.1 Å². The molecule has 0 aliphatic carbocycles. The molecule has 0 bridgehead atoms. The second-order valence-corrected chi connectivity index (χ2v) is 4.58. The summed E-state index contributed by atoms with van der Waals surface area (Å²) < 4.78 is 5.35. The first-order valence-electron chi connectivity index (χ1n) is 5.85. The van der Waals surface area contributed by atoms with Crippen LogP contribution in [0.3, 0.4) is 0 Å². The van der Waals surface area contributed by atoms with Crippen molar-refractivity contribution in [2.75, 3.05) is 26.3 Å². The van der Waals surface area contributed by atoms with E-state index in [2.05, 4.69) is 19.2 Å². The molecule has 90 valence electrons. The molecule has 0 spiro atoms. The predicted molar refractivity (Wildman–Crippen MR) is 63.0 cm³/mol. The van der Waals surface area contributed by atoms with Crippen LogP contribution < -0.4 is 5.32 Å². The number of hydrogen-bond donors (Lipinski definition) is 1. The minimum atomic E-state index is 0.132. The number of rotatable bonds is 9. The summed E-state index contributed by atoms with van der Waals surface area (Å²) in [5.74, 6) is 1.09. The summed E-state index contributed by atoms with van der Waals surface area (Å²) >= 11 is 0. The van der Waals surface area contributed by atoms with Gasteiger partial charge in [-0.05, 0) is 12.5 Å². The maximum Gasteiger partial charge on any atom is 0.137 e. The SMILES string of the molecule is CC(C)CNCCOCCC(=O)C(C)C. The van der Waals surface area contributed by atoms with Crippen molar-refractivity contribution >= 4 is 5.78 Å². The Morgan fingerprint density at radius 1 is 1.20 bits per heavy atom. The summed E-state index contributed by atoms with van der Waals surface area (Å²) in [6.45, 7) is 11.3. The molecule has 1 N–H and O–H groups in total. The molecule has 3 nitrogen and oxygen atoms in total. The van der Waals surface area contributed by atoms with Crippen LogP contribution in [0.15, 0.2) is 0 Å². The molecular formula is C12H25NO2.